The van der Waals surface area contributed by atoms with Gasteiger partial charge in [-0.2, -0.15) is 4.98 Å². The van der Waals surface area contributed by atoms with E-state index in [0.717, 1.165) is 38.3 Å². The van der Waals surface area contributed by atoms with Gasteiger partial charge >= 0.3 is 5.97 Å². The monoisotopic (exact) mass is 354 g/mol. The van der Waals surface area contributed by atoms with Gasteiger partial charge in [-0.1, -0.05) is 0 Å². The summed E-state index contributed by atoms with van der Waals surface area (Å²) in [5, 5.41) is 3.15. The predicted molar refractivity (Wildman–Crippen MR) is 85.8 cm³/mol. The van der Waals surface area contributed by atoms with Crippen LogP contribution in [-0.4, -0.2) is 34.1 Å². The number of nitrogens with zero attached hydrogens (tertiary/aromatic N) is 2. The Hall–Kier alpha value is -1.47. The Labute approximate surface area is 144 Å². The summed E-state index contributed by atoms with van der Waals surface area (Å²) in [7, 11) is 1.37. The van der Waals surface area contributed by atoms with Gasteiger partial charge in [0.25, 0.3) is 0 Å². The van der Waals surface area contributed by atoms with Crippen LogP contribution in [0, 0.1) is 23.6 Å². The van der Waals surface area contributed by atoms with Crippen molar-refractivity contribution >= 4 is 23.4 Å². The number of anilines is 1. The first-order valence-electron chi connectivity index (χ1n) is 8.22. The molecule has 3 aliphatic rings. The fourth-order valence-corrected chi connectivity index (χ4v) is 5.28. The number of hydrogen-bond donors (Lipinski definition) is 2. The van der Waals surface area contributed by atoms with Crippen LogP contribution < -0.4 is 11.1 Å². The number of nitrogens with two attached hydrogens (primary N) is 1. The molecule has 4 rings (SSSR count). The lowest BCUT2D eigenvalue weighted by Crippen LogP contribution is -2.69. The number of nitrogens with one attached hydrogen (secondary N) is 1. The number of esters is 1. The van der Waals surface area contributed by atoms with E-state index >= 15 is 0 Å². The molecular formula is C16H20ClFN4O2. The van der Waals surface area contributed by atoms with Gasteiger partial charge in [-0.3, -0.25) is 4.79 Å². The van der Waals surface area contributed by atoms with E-state index in [-0.39, 0.29) is 17.1 Å². The first-order valence-corrected chi connectivity index (χ1v) is 8.60. The predicted octanol–water partition coefficient (Wildman–Crippen LogP) is 2.13. The summed E-state index contributed by atoms with van der Waals surface area (Å²) < 4.78 is 19.2. The summed E-state index contributed by atoms with van der Waals surface area (Å²) in [6, 6.07) is 0. The van der Waals surface area contributed by atoms with Crippen LogP contribution in [0.5, 0.6) is 0 Å². The van der Waals surface area contributed by atoms with Gasteiger partial charge in [-0.05, 0) is 55.5 Å². The Kier molecular flexibility index (Phi) is 3.51. The fourth-order valence-electron chi connectivity index (χ4n) is 5.15. The zero-order valence-corrected chi connectivity index (χ0v) is 14.1. The molecule has 1 unspecified atom stereocenters. The van der Waals surface area contributed by atoms with Crippen LogP contribution in [0.2, 0.25) is 5.28 Å². The van der Waals surface area contributed by atoms with E-state index in [0.29, 0.717) is 11.8 Å². The molecule has 2 bridgehead atoms. The molecule has 1 aromatic heterocycles. The highest BCUT2D eigenvalue weighted by atomic mass is 35.5. The molecule has 130 valence electrons. The Morgan fingerprint density at radius 3 is 3.08 bits per heavy atom. The topological polar surface area (TPSA) is 90.1 Å². The Morgan fingerprint density at radius 1 is 1.54 bits per heavy atom. The molecule has 3 fully saturated rings. The minimum Gasteiger partial charge on any atom is -0.469 e. The molecule has 6 nitrogen and oxygen atoms in total. The molecule has 1 aromatic rings. The maximum absolute atomic E-state index is 14.2. The molecule has 1 heterocycles. The van der Waals surface area contributed by atoms with Crippen molar-refractivity contribution in [1.29, 1.82) is 0 Å². The molecule has 0 saturated heterocycles. The molecule has 0 aromatic carbocycles. The fraction of sp³-hybridized carbons (Fsp3) is 0.688. The summed E-state index contributed by atoms with van der Waals surface area (Å²) in [4.78, 5) is 20.2. The van der Waals surface area contributed by atoms with Crippen molar-refractivity contribution in [2.45, 2.75) is 43.2 Å². The Balaban J connectivity index is 1.77. The summed E-state index contributed by atoms with van der Waals surface area (Å²) in [5.41, 5.74) is 5.46. The van der Waals surface area contributed by atoms with E-state index in [1.54, 1.807) is 0 Å². The smallest absolute Gasteiger partial charge is 0.312 e. The SMILES string of the molecule is COC(=O)[C@@H]1C2(Nc3nc(Cl)ncc3F)CCC[C@]1(N)[C@@H]1C[C@@H]1C2. The zero-order chi connectivity index (χ0) is 17.1. The number of fused-ring (bicyclic) bond motifs is 4. The maximum atomic E-state index is 14.2. The van der Waals surface area contributed by atoms with Crippen LogP contribution in [0.15, 0.2) is 6.20 Å². The normalized spacial score (nSPS) is 39.8. The van der Waals surface area contributed by atoms with E-state index < -0.39 is 22.8 Å². The minimum absolute atomic E-state index is 0.0206. The van der Waals surface area contributed by atoms with E-state index in [1.807, 2.05) is 0 Å². The summed E-state index contributed by atoms with van der Waals surface area (Å²) in [5.74, 6) is -0.633. The molecule has 0 amide bonds. The lowest BCUT2D eigenvalue weighted by Gasteiger charge is -2.55. The Morgan fingerprint density at radius 2 is 2.33 bits per heavy atom. The van der Waals surface area contributed by atoms with E-state index in [4.69, 9.17) is 22.1 Å². The van der Waals surface area contributed by atoms with Gasteiger partial charge in [-0.25, -0.2) is 9.37 Å². The van der Waals surface area contributed by atoms with Crippen molar-refractivity contribution in [3.63, 3.8) is 0 Å². The van der Waals surface area contributed by atoms with Gasteiger partial charge < -0.3 is 15.8 Å². The third kappa shape index (κ3) is 2.21. The highest BCUT2D eigenvalue weighted by molar-refractivity contribution is 6.28. The highest BCUT2D eigenvalue weighted by Gasteiger charge is 2.69. The van der Waals surface area contributed by atoms with Gasteiger partial charge in [0, 0.05) is 5.54 Å². The maximum Gasteiger partial charge on any atom is 0.312 e. The van der Waals surface area contributed by atoms with Crippen LogP contribution in [0.4, 0.5) is 10.2 Å². The molecule has 3 saturated carbocycles. The van der Waals surface area contributed by atoms with Crippen molar-refractivity contribution in [2.24, 2.45) is 23.5 Å². The number of methoxy groups -OCH3 is 1. The van der Waals surface area contributed by atoms with Gasteiger partial charge in [0.1, 0.15) is 0 Å². The van der Waals surface area contributed by atoms with E-state index in [2.05, 4.69) is 15.3 Å². The number of rotatable bonds is 3. The van der Waals surface area contributed by atoms with Crippen LogP contribution in [-0.2, 0) is 9.53 Å². The van der Waals surface area contributed by atoms with E-state index in [1.165, 1.54) is 7.11 Å². The zero-order valence-electron chi connectivity index (χ0n) is 13.4. The lowest BCUT2D eigenvalue weighted by atomic mass is 9.56. The Bertz CT molecular complexity index is 705. The van der Waals surface area contributed by atoms with Gasteiger partial charge in [0.2, 0.25) is 5.28 Å². The second-order valence-corrected chi connectivity index (χ2v) is 7.68. The number of ether oxygens (including phenoxy) is 1. The molecular weight excluding hydrogens is 335 g/mol. The molecule has 3 N–H and O–H groups in total. The molecule has 3 aliphatic carbocycles. The number of carbonyl (C=O) groups is 1. The third-order valence-corrected chi connectivity index (χ3v) is 6.26. The largest absolute Gasteiger partial charge is 0.469 e. The van der Waals surface area contributed by atoms with Gasteiger partial charge in [0.05, 0.1) is 24.8 Å². The number of halogens is 2. The molecule has 0 aliphatic heterocycles. The van der Waals surface area contributed by atoms with Gasteiger partial charge in [-0.15, -0.1) is 0 Å². The highest BCUT2D eigenvalue weighted by Crippen LogP contribution is 2.64. The average molecular weight is 355 g/mol. The third-order valence-electron chi connectivity index (χ3n) is 6.08. The first kappa shape index (κ1) is 16.0. The first-order chi connectivity index (χ1) is 11.4. The molecule has 24 heavy (non-hydrogen) atoms. The van der Waals surface area contributed by atoms with Gasteiger partial charge in [0.15, 0.2) is 11.6 Å². The second-order valence-electron chi connectivity index (χ2n) is 7.35. The minimum atomic E-state index is -0.656. The van der Waals surface area contributed by atoms with Crippen molar-refractivity contribution in [3.8, 4) is 0 Å². The van der Waals surface area contributed by atoms with Crippen LogP contribution in [0.1, 0.15) is 32.1 Å². The standard InChI is InChI=1S/C16H20ClFN4O2/c1-24-13(23)11-15(22-12-10(18)7-20-14(17)21-12)3-2-4-16(11,19)9-5-8(9)6-15/h7-9,11H,2-6,19H2,1H3,(H,20,21,22)/t8-,9-,11-,15?,16+/m1/s1. The summed E-state index contributed by atoms with van der Waals surface area (Å²) in [6.45, 7) is 0. The molecule has 5 atom stereocenters. The summed E-state index contributed by atoms with van der Waals surface area (Å²) in [6.07, 6.45) is 5.18. The lowest BCUT2D eigenvalue weighted by molar-refractivity contribution is -0.155. The van der Waals surface area contributed by atoms with Crippen LogP contribution in [0.25, 0.3) is 0 Å². The number of hydrogen-bond acceptors (Lipinski definition) is 6. The molecule has 0 spiro atoms. The number of aromatic nitrogens is 2. The van der Waals surface area contributed by atoms with Crippen molar-refractivity contribution in [1.82, 2.24) is 9.97 Å². The summed E-state index contributed by atoms with van der Waals surface area (Å²) >= 11 is 5.81. The quantitative estimate of drug-likeness (QED) is 0.638. The average Bonchev–Trinajstić information content (AvgIpc) is 3.29. The second kappa shape index (κ2) is 5.26. The van der Waals surface area contributed by atoms with Crippen LogP contribution in [0.3, 0.4) is 0 Å². The van der Waals surface area contributed by atoms with Crippen molar-refractivity contribution in [2.75, 3.05) is 12.4 Å². The molecule has 0 radical (unpaired) electrons. The molecule has 8 heteroatoms. The van der Waals surface area contributed by atoms with E-state index in [9.17, 15) is 9.18 Å². The van der Waals surface area contributed by atoms with Crippen molar-refractivity contribution < 1.29 is 13.9 Å². The number of carbonyl (C=O) groups excluding carboxylic acids is 1. The van der Waals surface area contributed by atoms with Crippen LogP contribution >= 0.6 is 11.6 Å². The van der Waals surface area contributed by atoms with Crippen molar-refractivity contribution in [3.05, 3.63) is 17.3 Å².